The van der Waals surface area contributed by atoms with Gasteiger partial charge in [0, 0.05) is 23.6 Å². The Morgan fingerprint density at radius 3 is 2.59 bits per heavy atom. The number of rotatable bonds is 5. The minimum absolute atomic E-state index is 0.134. The van der Waals surface area contributed by atoms with Gasteiger partial charge in [-0.05, 0) is 44.6 Å². The molecule has 1 aliphatic heterocycles. The van der Waals surface area contributed by atoms with Gasteiger partial charge in [0.25, 0.3) is 5.69 Å². The molecule has 2 atom stereocenters. The van der Waals surface area contributed by atoms with Crippen LogP contribution in [-0.2, 0) is 9.53 Å². The summed E-state index contributed by atoms with van der Waals surface area (Å²) in [6.45, 7) is 7.35. The molecule has 0 radical (unpaired) electrons. The van der Waals surface area contributed by atoms with Crippen LogP contribution >= 0.6 is 11.8 Å². The number of nitrogens with zero attached hydrogens (tertiary/aromatic N) is 2. The maximum absolute atomic E-state index is 12.7. The zero-order chi connectivity index (χ0) is 20.4. The third-order valence-corrected chi connectivity index (χ3v) is 5.14. The molecule has 1 aromatic rings. The number of benzene rings is 1. The number of thioether (sulfide) groups is 1. The Morgan fingerprint density at radius 2 is 2.07 bits per heavy atom. The summed E-state index contributed by atoms with van der Waals surface area (Å²) in [6.07, 6.45) is -0.353. The Morgan fingerprint density at radius 1 is 1.41 bits per heavy atom. The summed E-state index contributed by atoms with van der Waals surface area (Å²) >= 11 is 1.46. The first-order valence-electron chi connectivity index (χ1n) is 8.68. The number of nitro groups is 1. The van der Waals surface area contributed by atoms with Gasteiger partial charge in [0.1, 0.15) is 5.60 Å². The zero-order valence-electron chi connectivity index (χ0n) is 15.8. The fourth-order valence-electron chi connectivity index (χ4n) is 3.13. The monoisotopic (exact) mass is 396 g/mol. The molecular weight excluding hydrogens is 372 g/mol. The molecule has 9 heteroatoms. The molecule has 1 heterocycles. The number of carbonyl (C=O) groups excluding carboxylic acids is 1. The van der Waals surface area contributed by atoms with Crippen molar-refractivity contribution in [3.63, 3.8) is 0 Å². The molecule has 2 rings (SSSR count). The molecule has 1 amide bonds. The second-order valence-electron chi connectivity index (χ2n) is 7.26. The molecular formula is C18H24N2O6S. The molecule has 0 aliphatic carbocycles. The first kappa shape index (κ1) is 21.0. The molecule has 0 spiro atoms. The van der Waals surface area contributed by atoms with Gasteiger partial charge in [0.15, 0.2) is 0 Å². The SMILES string of the molecule is CCSc1ccc([N+](=O)[O-])cc1[C@H]1[C@@H](C(=O)O)CCN1C(=O)OC(C)(C)C. The van der Waals surface area contributed by atoms with Gasteiger partial charge in [-0.15, -0.1) is 11.8 Å². The van der Waals surface area contributed by atoms with Gasteiger partial charge in [-0.3, -0.25) is 14.9 Å². The largest absolute Gasteiger partial charge is 0.481 e. The van der Waals surface area contributed by atoms with Crippen LogP contribution in [-0.4, -0.2) is 44.9 Å². The molecule has 1 aliphatic rings. The highest BCUT2D eigenvalue weighted by atomic mass is 32.2. The van der Waals surface area contributed by atoms with E-state index >= 15 is 0 Å². The Bertz CT molecular complexity index is 746. The predicted octanol–water partition coefficient (Wildman–Crippen LogP) is 4.09. The lowest BCUT2D eigenvalue weighted by Gasteiger charge is -2.31. The van der Waals surface area contributed by atoms with E-state index in [4.69, 9.17) is 4.74 Å². The Labute approximate surface area is 162 Å². The minimum Gasteiger partial charge on any atom is -0.481 e. The smallest absolute Gasteiger partial charge is 0.410 e. The summed E-state index contributed by atoms with van der Waals surface area (Å²) in [5.74, 6) is -1.18. The molecule has 1 fully saturated rings. The van der Waals surface area contributed by atoms with Crippen LogP contribution in [0.5, 0.6) is 0 Å². The summed E-state index contributed by atoms with van der Waals surface area (Å²) in [5.41, 5.74) is -0.385. The molecule has 148 valence electrons. The highest BCUT2D eigenvalue weighted by Gasteiger charge is 2.45. The van der Waals surface area contributed by atoms with Crippen molar-refractivity contribution >= 4 is 29.5 Å². The number of amides is 1. The van der Waals surface area contributed by atoms with Crippen molar-refractivity contribution in [2.45, 2.75) is 50.7 Å². The average molecular weight is 396 g/mol. The number of nitro benzene ring substituents is 1. The van der Waals surface area contributed by atoms with E-state index < -0.39 is 34.5 Å². The van der Waals surface area contributed by atoms with Gasteiger partial charge in [-0.1, -0.05) is 6.92 Å². The van der Waals surface area contributed by atoms with E-state index in [2.05, 4.69) is 0 Å². The number of likely N-dealkylation sites (tertiary alicyclic amines) is 1. The predicted molar refractivity (Wildman–Crippen MR) is 101 cm³/mol. The van der Waals surface area contributed by atoms with Gasteiger partial charge in [-0.25, -0.2) is 4.79 Å². The number of ether oxygens (including phenoxy) is 1. The number of aliphatic carboxylic acids is 1. The standard InChI is InChI=1S/C18H24N2O6S/c1-5-27-14-7-6-11(20(24)25)10-13(14)15-12(16(21)22)8-9-19(15)17(23)26-18(2,3)4/h6-7,10,12,15H,5,8-9H2,1-4H3,(H,21,22)/t12-,15+/m0/s1. The summed E-state index contributed by atoms with van der Waals surface area (Å²) < 4.78 is 5.43. The molecule has 8 nitrogen and oxygen atoms in total. The third kappa shape index (κ3) is 4.91. The Balaban J connectivity index is 2.53. The highest BCUT2D eigenvalue weighted by molar-refractivity contribution is 7.99. The quantitative estimate of drug-likeness (QED) is 0.453. The van der Waals surface area contributed by atoms with Crippen molar-refractivity contribution < 1.29 is 24.4 Å². The molecule has 0 unspecified atom stereocenters. The fourth-order valence-corrected chi connectivity index (χ4v) is 3.95. The number of non-ortho nitro benzene ring substituents is 1. The van der Waals surface area contributed by atoms with Gasteiger partial charge in [-0.2, -0.15) is 0 Å². The van der Waals surface area contributed by atoms with Crippen LogP contribution < -0.4 is 0 Å². The Hall–Kier alpha value is -2.29. The maximum Gasteiger partial charge on any atom is 0.410 e. The Kier molecular flexibility index (Phi) is 6.35. The first-order valence-corrected chi connectivity index (χ1v) is 9.67. The van der Waals surface area contributed by atoms with Crippen molar-refractivity contribution in [2.75, 3.05) is 12.3 Å². The van der Waals surface area contributed by atoms with Crippen molar-refractivity contribution in [1.29, 1.82) is 0 Å². The second-order valence-corrected chi connectivity index (χ2v) is 8.57. The fraction of sp³-hybridized carbons (Fsp3) is 0.556. The lowest BCUT2D eigenvalue weighted by molar-refractivity contribution is -0.385. The van der Waals surface area contributed by atoms with E-state index in [0.29, 0.717) is 11.3 Å². The van der Waals surface area contributed by atoms with Crippen LogP contribution in [0.3, 0.4) is 0 Å². The summed E-state index contributed by atoms with van der Waals surface area (Å²) in [6, 6.07) is 3.57. The van der Waals surface area contributed by atoms with Crippen LogP contribution in [0.25, 0.3) is 0 Å². The van der Waals surface area contributed by atoms with E-state index in [1.165, 1.54) is 28.8 Å². The summed E-state index contributed by atoms with van der Waals surface area (Å²) in [4.78, 5) is 37.3. The number of carboxylic acid groups (broad SMARTS) is 1. The maximum atomic E-state index is 12.7. The molecule has 0 bridgehead atoms. The number of carboxylic acids is 1. The average Bonchev–Trinajstić information content (AvgIpc) is 2.99. The van der Waals surface area contributed by atoms with Gasteiger partial charge < -0.3 is 14.7 Å². The zero-order valence-corrected chi connectivity index (χ0v) is 16.6. The third-order valence-electron chi connectivity index (χ3n) is 4.17. The number of hydrogen-bond acceptors (Lipinski definition) is 6. The van der Waals surface area contributed by atoms with Crippen LogP contribution in [0.1, 0.15) is 45.7 Å². The molecule has 0 saturated carbocycles. The number of hydrogen-bond donors (Lipinski definition) is 1. The lowest BCUT2D eigenvalue weighted by Crippen LogP contribution is -2.38. The van der Waals surface area contributed by atoms with Gasteiger partial charge in [0.2, 0.25) is 0 Å². The lowest BCUT2D eigenvalue weighted by atomic mass is 9.93. The van der Waals surface area contributed by atoms with E-state index in [-0.39, 0.29) is 18.7 Å². The van der Waals surface area contributed by atoms with Gasteiger partial charge >= 0.3 is 12.1 Å². The molecule has 0 aromatic heterocycles. The molecule has 1 saturated heterocycles. The minimum atomic E-state index is -1.04. The van der Waals surface area contributed by atoms with Crippen LogP contribution in [0.2, 0.25) is 0 Å². The van der Waals surface area contributed by atoms with Crippen LogP contribution in [0.4, 0.5) is 10.5 Å². The van der Waals surface area contributed by atoms with E-state index in [1.807, 2.05) is 6.92 Å². The highest BCUT2D eigenvalue weighted by Crippen LogP contribution is 2.43. The summed E-state index contributed by atoms with van der Waals surface area (Å²) in [7, 11) is 0. The van der Waals surface area contributed by atoms with Gasteiger partial charge in [0.05, 0.1) is 16.9 Å². The van der Waals surface area contributed by atoms with Crippen LogP contribution in [0, 0.1) is 16.0 Å². The first-order chi connectivity index (χ1) is 12.5. The summed E-state index contributed by atoms with van der Waals surface area (Å²) in [5, 5.41) is 20.9. The number of carbonyl (C=O) groups is 2. The van der Waals surface area contributed by atoms with E-state index in [0.717, 1.165) is 4.90 Å². The topological polar surface area (TPSA) is 110 Å². The molecule has 1 aromatic carbocycles. The molecule has 27 heavy (non-hydrogen) atoms. The van der Waals surface area contributed by atoms with E-state index in [9.17, 15) is 24.8 Å². The van der Waals surface area contributed by atoms with Crippen molar-refractivity contribution in [3.05, 3.63) is 33.9 Å². The van der Waals surface area contributed by atoms with Crippen molar-refractivity contribution in [2.24, 2.45) is 5.92 Å². The van der Waals surface area contributed by atoms with Crippen molar-refractivity contribution in [1.82, 2.24) is 4.90 Å². The van der Waals surface area contributed by atoms with Crippen LogP contribution in [0.15, 0.2) is 23.1 Å². The van der Waals surface area contributed by atoms with Crippen molar-refractivity contribution in [3.8, 4) is 0 Å². The van der Waals surface area contributed by atoms with E-state index in [1.54, 1.807) is 26.8 Å². The normalized spacial score (nSPS) is 19.8. The molecule has 1 N–H and O–H groups in total. The second kappa shape index (κ2) is 8.16.